The van der Waals surface area contributed by atoms with Crippen molar-refractivity contribution < 1.29 is 4.42 Å². The van der Waals surface area contributed by atoms with Crippen LogP contribution in [0.15, 0.2) is 46.0 Å². The van der Waals surface area contributed by atoms with Gasteiger partial charge in [-0.1, -0.05) is 23.2 Å². The molecule has 2 aromatic rings. The highest BCUT2D eigenvalue weighted by Gasteiger charge is 2.07. The maximum atomic E-state index is 5.93. The number of nitrogens with zero attached hydrogens (tertiary/aromatic N) is 1. The van der Waals surface area contributed by atoms with Crippen LogP contribution in [0.2, 0.25) is 10.0 Å². The van der Waals surface area contributed by atoms with Crippen LogP contribution in [-0.2, 0) is 0 Å². The first-order valence-corrected chi connectivity index (χ1v) is 5.69. The predicted molar refractivity (Wildman–Crippen MR) is 71.3 cm³/mol. The molecule has 1 aromatic carbocycles. The second kappa shape index (κ2) is 5.25. The number of aliphatic imine (C=N–C) groups is 1. The first kappa shape index (κ1) is 12.0. The molecule has 17 heavy (non-hydrogen) atoms. The van der Waals surface area contributed by atoms with E-state index >= 15 is 0 Å². The molecule has 0 aliphatic rings. The average molecular weight is 269 g/mol. The first-order valence-electron chi connectivity index (χ1n) is 4.93. The minimum Gasteiger partial charge on any atom is -0.461 e. The summed E-state index contributed by atoms with van der Waals surface area (Å²) in [6.07, 6.45) is 1.59. The smallest absolute Gasteiger partial charge is 0.168 e. The zero-order valence-electron chi connectivity index (χ0n) is 9.08. The average Bonchev–Trinajstić information content (AvgIpc) is 2.84. The van der Waals surface area contributed by atoms with Gasteiger partial charge in [0.25, 0.3) is 0 Å². The molecule has 2 rings (SSSR count). The molecule has 0 aliphatic heterocycles. The van der Waals surface area contributed by atoms with Gasteiger partial charge in [-0.05, 0) is 30.3 Å². The zero-order chi connectivity index (χ0) is 12.3. The van der Waals surface area contributed by atoms with Gasteiger partial charge in [-0.3, -0.25) is 4.99 Å². The van der Waals surface area contributed by atoms with Gasteiger partial charge in [-0.25, -0.2) is 0 Å². The maximum Gasteiger partial charge on any atom is 0.168 e. The molecule has 0 radical (unpaired) electrons. The third kappa shape index (κ3) is 2.81. The SMILES string of the molecule is CN=C(Nc1ccc(Cl)c(Cl)c1)c1ccco1. The normalized spacial score (nSPS) is 11.6. The number of nitrogens with one attached hydrogen (secondary N) is 1. The summed E-state index contributed by atoms with van der Waals surface area (Å²) in [5.74, 6) is 1.30. The molecule has 88 valence electrons. The van der Waals surface area contributed by atoms with E-state index in [1.54, 1.807) is 31.5 Å². The largest absolute Gasteiger partial charge is 0.461 e. The van der Waals surface area contributed by atoms with E-state index in [-0.39, 0.29) is 0 Å². The quantitative estimate of drug-likeness (QED) is 0.659. The minimum atomic E-state index is 0.492. The molecule has 3 nitrogen and oxygen atoms in total. The van der Waals surface area contributed by atoms with Crippen molar-refractivity contribution in [1.29, 1.82) is 0 Å². The van der Waals surface area contributed by atoms with Crippen LogP contribution in [0.3, 0.4) is 0 Å². The molecule has 0 amide bonds. The number of benzene rings is 1. The van der Waals surface area contributed by atoms with Crippen molar-refractivity contribution in [3.8, 4) is 0 Å². The van der Waals surface area contributed by atoms with Crippen LogP contribution in [0.1, 0.15) is 5.76 Å². The Hall–Kier alpha value is -1.45. The van der Waals surface area contributed by atoms with E-state index in [2.05, 4.69) is 10.3 Å². The highest BCUT2D eigenvalue weighted by molar-refractivity contribution is 6.42. The summed E-state index contributed by atoms with van der Waals surface area (Å²) >= 11 is 11.8. The summed E-state index contributed by atoms with van der Waals surface area (Å²) in [6, 6.07) is 8.91. The zero-order valence-corrected chi connectivity index (χ0v) is 10.6. The van der Waals surface area contributed by atoms with Gasteiger partial charge in [0.15, 0.2) is 11.6 Å². The monoisotopic (exact) mass is 268 g/mol. The fourth-order valence-corrected chi connectivity index (χ4v) is 1.65. The number of anilines is 1. The van der Waals surface area contributed by atoms with Crippen LogP contribution in [0.4, 0.5) is 5.69 Å². The van der Waals surface area contributed by atoms with Crippen LogP contribution in [0.5, 0.6) is 0 Å². The Bertz CT molecular complexity index is 535. The van der Waals surface area contributed by atoms with Gasteiger partial charge in [-0.2, -0.15) is 0 Å². The molecule has 5 heteroatoms. The van der Waals surface area contributed by atoms with Crippen molar-refractivity contribution in [2.75, 3.05) is 12.4 Å². The van der Waals surface area contributed by atoms with E-state index < -0.39 is 0 Å². The molecule has 1 N–H and O–H groups in total. The number of hydrogen-bond donors (Lipinski definition) is 1. The number of rotatable bonds is 2. The lowest BCUT2D eigenvalue weighted by Gasteiger charge is -2.07. The summed E-state index contributed by atoms with van der Waals surface area (Å²) in [6.45, 7) is 0. The van der Waals surface area contributed by atoms with Crippen molar-refractivity contribution in [3.63, 3.8) is 0 Å². The van der Waals surface area contributed by atoms with E-state index in [1.165, 1.54) is 0 Å². The first-order chi connectivity index (χ1) is 8.20. The predicted octanol–water partition coefficient (Wildman–Crippen LogP) is 4.07. The molecule has 1 heterocycles. The van der Waals surface area contributed by atoms with Crippen molar-refractivity contribution in [1.82, 2.24) is 0 Å². The molecule has 0 fully saturated rings. The van der Waals surface area contributed by atoms with Crippen LogP contribution in [0, 0.1) is 0 Å². The Kier molecular flexibility index (Phi) is 3.71. The molecule has 0 saturated heterocycles. The molecule has 0 atom stereocenters. The fraction of sp³-hybridized carbons (Fsp3) is 0.0833. The van der Waals surface area contributed by atoms with Crippen molar-refractivity contribution >= 4 is 34.7 Å². The third-order valence-electron chi connectivity index (χ3n) is 2.16. The van der Waals surface area contributed by atoms with E-state index in [0.717, 1.165) is 5.69 Å². The van der Waals surface area contributed by atoms with Gasteiger partial charge in [0.2, 0.25) is 0 Å². The Morgan fingerprint density at radius 2 is 2.06 bits per heavy atom. The van der Waals surface area contributed by atoms with Gasteiger partial charge >= 0.3 is 0 Å². The van der Waals surface area contributed by atoms with Crippen LogP contribution < -0.4 is 5.32 Å². The Balaban J connectivity index is 2.22. The fourth-order valence-electron chi connectivity index (χ4n) is 1.35. The summed E-state index contributed by atoms with van der Waals surface area (Å²) < 4.78 is 5.26. The highest BCUT2D eigenvalue weighted by Crippen LogP contribution is 2.25. The lowest BCUT2D eigenvalue weighted by atomic mass is 10.3. The Labute approximate surface area is 109 Å². The summed E-state index contributed by atoms with van der Waals surface area (Å²) in [7, 11) is 1.68. The van der Waals surface area contributed by atoms with Crippen molar-refractivity contribution in [2.45, 2.75) is 0 Å². The van der Waals surface area contributed by atoms with Crippen molar-refractivity contribution in [2.24, 2.45) is 4.99 Å². The van der Waals surface area contributed by atoms with Gasteiger partial charge in [0.05, 0.1) is 16.3 Å². The molecular weight excluding hydrogens is 259 g/mol. The molecule has 0 bridgehead atoms. The minimum absolute atomic E-state index is 0.492. The highest BCUT2D eigenvalue weighted by atomic mass is 35.5. The summed E-state index contributed by atoms with van der Waals surface area (Å²) in [4.78, 5) is 4.11. The molecular formula is C12H10Cl2N2O. The van der Waals surface area contributed by atoms with Gasteiger partial charge < -0.3 is 9.73 Å². The van der Waals surface area contributed by atoms with Crippen molar-refractivity contribution in [3.05, 3.63) is 52.4 Å². The van der Waals surface area contributed by atoms with Gasteiger partial charge in [-0.15, -0.1) is 0 Å². The van der Waals surface area contributed by atoms with E-state index in [1.807, 2.05) is 12.1 Å². The second-order valence-corrected chi connectivity index (χ2v) is 4.12. The maximum absolute atomic E-state index is 5.93. The van der Waals surface area contributed by atoms with Crippen LogP contribution in [0.25, 0.3) is 0 Å². The molecule has 0 spiro atoms. The van der Waals surface area contributed by atoms with Gasteiger partial charge in [0, 0.05) is 12.7 Å². The number of hydrogen-bond acceptors (Lipinski definition) is 2. The van der Waals surface area contributed by atoms with E-state index in [4.69, 9.17) is 27.6 Å². The number of amidine groups is 1. The molecule has 1 aromatic heterocycles. The summed E-state index contributed by atoms with van der Waals surface area (Å²) in [5.41, 5.74) is 0.802. The van der Waals surface area contributed by atoms with E-state index in [0.29, 0.717) is 21.6 Å². The Morgan fingerprint density at radius 3 is 2.65 bits per heavy atom. The Morgan fingerprint density at radius 1 is 1.24 bits per heavy atom. The number of halogens is 2. The molecule has 0 aliphatic carbocycles. The number of furan rings is 1. The topological polar surface area (TPSA) is 37.5 Å². The molecule has 0 unspecified atom stereocenters. The lowest BCUT2D eigenvalue weighted by molar-refractivity contribution is 0.557. The van der Waals surface area contributed by atoms with Gasteiger partial charge in [0.1, 0.15) is 0 Å². The molecule has 0 saturated carbocycles. The summed E-state index contributed by atoms with van der Waals surface area (Å²) in [5, 5.41) is 4.12. The standard InChI is InChI=1S/C12H10Cl2N2O/c1-15-12(11-3-2-6-17-11)16-8-4-5-9(13)10(14)7-8/h2-7H,1H3,(H,15,16). The van der Waals surface area contributed by atoms with E-state index in [9.17, 15) is 0 Å². The van der Waals surface area contributed by atoms with Crippen LogP contribution in [-0.4, -0.2) is 12.9 Å². The third-order valence-corrected chi connectivity index (χ3v) is 2.90. The lowest BCUT2D eigenvalue weighted by Crippen LogP contribution is -2.12. The second-order valence-electron chi connectivity index (χ2n) is 3.30. The van der Waals surface area contributed by atoms with Crippen LogP contribution >= 0.6 is 23.2 Å².